The standard InChI is InChI=1S/C12H18N2O4/c1-8(2)7-17-5-6-18-11-10(13)9(12(15)16)3-4-14-11/h3-4,8H,5-7,13H2,1-2H3,(H,15,16). The van der Waals surface area contributed by atoms with Gasteiger partial charge in [-0.1, -0.05) is 13.8 Å². The molecule has 0 unspecified atom stereocenters. The van der Waals surface area contributed by atoms with Gasteiger partial charge < -0.3 is 20.3 Å². The van der Waals surface area contributed by atoms with Crippen LogP contribution in [0.3, 0.4) is 0 Å². The Morgan fingerprint density at radius 3 is 2.83 bits per heavy atom. The highest BCUT2D eigenvalue weighted by Crippen LogP contribution is 2.21. The molecule has 6 nitrogen and oxygen atoms in total. The van der Waals surface area contributed by atoms with Gasteiger partial charge in [-0.15, -0.1) is 0 Å². The number of carbonyl (C=O) groups is 1. The molecule has 0 amide bonds. The van der Waals surface area contributed by atoms with E-state index in [0.29, 0.717) is 19.1 Å². The molecule has 18 heavy (non-hydrogen) atoms. The number of ether oxygens (including phenoxy) is 2. The maximum atomic E-state index is 10.8. The topological polar surface area (TPSA) is 94.7 Å². The maximum Gasteiger partial charge on any atom is 0.338 e. The first-order valence-electron chi connectivity index (χ1n) is 5.70. The number of rotatable bonds is 7. The van der Waals surface area contributed by atoms with Crippen molar-refractivity contribution in [1.29, 1.82) is 0 Å². The second-order valence-corrected chi connectivity index (χ2v) is 4.20. The van der Waals surface area contributed by atoms with Crippen molar-refractivity contribution in [3.05, 3.63) is 17.8 Å². The fraction of sp³-hybridized carbons (Fsp3) is 0.500. The van der Waals surface area contributed by atoms with Crippen LogP contribution < -0.4 is 10.5 Å². The van der Waals surface area contributed by atoms with Crippen molar-refractivity contribution < 1.29 is 19.4 Å². The van der Waals surface area contributed by atoms with Crippen molar-refractivity contribution in [3.8, 4) is 5.88 Å². The zero-order valence-corrected chi connectivity index (χ0v) is 10.5. The minimum Gasteiger partial charge on any atom is -0.478 e. The molecule has 6 heteroatoms. The molecule has 1 rings (SSSR count). The average Bonchev–Trinajstić information content (AvgIpc) is 2.30. The molecule has 0 fully saturated rings. The number of carboxylic acids is 1. The van der Waals surface area contributed by atoms with Crippen LogP contribution in [-0.4, -0.2) is 35.9 Å². The van der Waals surface area contributed by atoms with Crippen LogP contribution in [0, 0.1) is 5.92 Å². The number of pyridine rings is 1. The predicted octanol–water partition coefficient (Wildman–Crippen LogP) is 1.41. The average molecular weight is 254 g/mol. The summed E-state index contributed by atoms with van der Waals surface area (Å²) in [5.74, 6) is -0.512. The zero-order valence-electron chi connectivity index (χ0n) is 10.5. The first-order chi connectivity index (χ1) is 8.52. The summed E-state index contributed by atoms with van der Waals surface area (Å²) >= 11 is 0. The van der Waals surface area contributed by atoms with Crippen molar-refractivity contribution >= 4 is 11.7 Å². The van der Waals surface area contributed by atoms with Gasteiger partial charge in [0, 0.05) is 12.8 Å². The number of aromatic carboxylic acids is 1. The highest BCUT2D eigenvalue weighted by atomic mass is 16.5. The molecule has 0 aliphatic rings. The summed E-state index contributed by atoms with van der Waals surface area (Å²) in [6, 6.07) is 1.33. The van der Waals surface area contributed by atoms with E-state index in [1.54, 1.807) is 0 Å². The third kappa shape index (κ3) is 4.21. The van der Waals surface area contributed by atoms with Crippen LogP contribution in [0.25, 0.3) is 0 Å². The van der Waals surface area contributed by atoms with E-state index in [9.17, 15) is 4.79 Å². The van der Waals surface area contributed by atoms with Crippen LogP contribution >= 0.6 is 0 Å². The molecular formula is C12H18N2O4. The van der Waals surface area contributed by atoms with Crippen molar-refractivity contribution in [1.82, 2.24) is 4.98 Å². The number of nitrogens with two attached hydrogens (primary N) is 1. The van der Waals surface area contributed by atoms with Crippen LogP contribution in [0.15, 0.2) is 12.3 Å². The largest absolute Gasteiger partial charge is 0.478 e. The zero-order chi connectivity index (χ0) is 13.5. The molecule has 0 radical (unpaired) electrons. The van der Waals surface area contributed by atoms with Gasteiger partial charge in [0.25, 0.3) is 0 Å². The summed E-state index contributed by atoms with van der Waals surface area (Å²) in [6.45, 7) is 5.46. The maximum absolute atomic E-state index is 10.8. The van der Waals surface area contributed by atoms with Crippen LogP contribution in [-0.2, 0) is 4.74 Å². The molecular weight excluding hydrogens is 236 g/mol. The number of hydrogen-bond donors (Lipinski definition) is 2. The molecule has 3 N–H and O–H groups in total. The number of nitrogens with zero attached hydrogens (tertiary/aromatic N) is 1. The van der Waals surface area contributed by atoms with Gasteiger partial charge >= 0.3 is 5.97 Å². The molecule has 1 heterocycles. The lowest BCUT2D eigenvalue weighted by molar-refractivity contribution is 0.0696. The van der Waals surface area contributed by atoms with Gasteiger partial charge in [0.1, 0.15) is 12.3 Å². The number of carboxylic acid groups (broad SMARTS) is 1. The number of anilines is 1. The van der Waals surface area contributed by atoms with Gasteiger partial charge in [0.05, 0.1) is 12.2 Å². The van der Waals surface area contributed by atoms with E-state index in [-0.39, 0.29) is 23.7 Å². The first-order valence-corrected chi connectivity index (χ1v) is 5.70. The Kier molecular flexibility index (Phi) is 5.38. The van der Waals surface area contributed by atoms with Crippen molar-refractivity contribution in [2.45, 2.75) is 13.8 Å². The Balaban J connectivity index is 2.48. The molecule has 0 spiro atoms. The van der Waals surface area contributed by atoms with Gasteiger partial charge in [0.15, 0.2) is 0 Å². The second-order valence-electron chi connectivity index (χ2n) is 4.20. The van der Waals surface area contributed by atoms with Crippen LogP contribution in [0.1, 0.15) is 24.2 Å². The van der Waals surface area contributed by atoms with Crippen LogP contribution in [0.5, 0.6) is 5.88 Å². The van der Waals surface area contributed by atoms with E-state index in [0.717, 1.165) is 0 Å². The number of hydrogen-bond acceptors (Lipinski definition) is 5. The SMILES string of the molecule is CC(C)COCCOc1nccc(C(=O)O)c1N. The normalized spacial score (nSPS) is 10.6. The molecule has 0 aromatic carbocycles. The predicted molar refractivity (Wildman–Crippen MR) is 66.8 cm³/mol. The highest BCUT2D eigenvalue weighted by Gasteiger charge is 2.12. The Hall–Kier alpha value is -1.82. The van der Waals surface area contributed by atoms with Crippen molar-refractivity contribution in [2.75, 3.05) is 25.6 Å². The summed E-state index contributed by atoms with van der Waals surface area (Å²) in [6.07, 6.45) is 1.35. The second kappa shape index (κ2) is 6.80. The minimum absolute atomic E-state index is 0.0110. The fourth-order valence-corrected chi connectivity index (χ4v) is 1.27. The Morgan fingerprint density at radius 1 is 1.50 bits per heavy atom. The summed E-state index contributed by atoms with van der Waals surface area (Å²) < 4.78 is 10.6. The molecule has 1 aromatic rings. The van der Waals surface area contributed by atoms with Gasteiger partial charge in [-0.2, -0.15) is 0 Å². The highest BCUT2D eigenvalue weighted by molar-refractivity contribution is 5.94. The molecule has 0 atom stereocenters. The summed E-state index contributed by atoms with van der Waals surface area (Å²) in [4.78, 5) is 14.7. The quantitative estimate of drug-likeness (QED) is 0.714. The lowest BCUT2D eigenvalue weighted by Crippen LogP contribution is -2.12. The first kappa shape index (κ1) is 14.2. The number of aromatic nitrogens is 1. The van der Waals surface area contributed by atoms with Gasteiger partial charge in [0.2, 0.25) is 5.88 Å². The molecule has 0 aliphatic heterocycles. The molecule has 0 aliphatic carbocycles. The van der Waals surface area contributed by atoms with Gasteiger partial charge in [-0.05, 0) is 12.0 Å². The van der Waals surface area contributed by atoms with E-state index in [4.69, 9.17) is 20.3 Å². The van der Waals surface area contributed by atoms with Gasteiger partial charge in [-0.3, -0.25) is 0 Å². The van der Waals surface area contributed by atoms with E-state index in [1.807, 2.05) is 0 Å². The van der Waals surface area contributed by atoms with Crippen molar-refractivity contribution in [3.63, 3.8) is 0 Å². The van der Waals surface area contributed by atoms with Crippen LogP contribution in [0.4, 0.5) is 5.69 Å². The Labute approximate surface area is 106 Å². The Bertz CT molecular complexity index is 407. The molecule has 0 saturated carbocycles. The lowest BCUT2D eigenvalue weighted by atomic mass is 10.2. The Morgan fingerprint density at radius 2 is 2.22 bits per heavy atom. The van der Waals surface area contributed by atoms with Crippen molar-refractivity contribution in [2.24, 2.45) is 5.92 Å². The summed E-state index contributed by atoms with van der Waals surface area (Å²) in [5.41, 5.74) is 5.66. The molecule has 100 valence electrons. The number of nitrogen functional groups attached to an aromatic ring is 1. The molecule has 0 bridgehead atoms. The van der Waals surface area contributed by atoms with E-state index in [2.05, 4.69) is 18.8 Å². The summed E-state index contributed by atoms with van der Waals surface area (Å²) in [5, 5.41) is 8.87. The van der Waals surface area contributed by atoms with E-state index >= 15 is 0 Å². The molecule has 1 aromatic heterocycles. The lowest BCUT2D eigenvalue weighted by Gasteiger charge is -2.10. The minimum atomic E-state index is -1.10. The van der Waals surface area contributed by atoms with E-state index in [1.165, 1.54) is 12.3 Å². The summed E-state index contributed by atoms with van der Waals surface area (Å²) in [7, 11) is 0. The monoisotopic (exact) mass is 254 g/mol. The molecule has 0 saturated heterocycles. The van der Waals surface area contributed by atoms with E-state index < -0.39 is 5.97 Å². The smallest absolute Gasteiger partial charge is 0.338 e. The van der Waals surface area contributed by atoms with Crippen LogP contribution in [0.2, 0.25) is 0 Å². The third-order valence-corrected chi connectivity index (χ3v) is 2.10. The third-order valence-electron chi connectivity index (χ3n) is 2.10. The van der Waals surface area contributed by atoms with Gasteiger partial charge in [-0.25, -0.2) is 9.78 Å². The fourth-order valence-electron chi connectivity index (χ4n) is 1.27.